The summed E-state index contributed by atoms with van der Waals surface area (Å²) in [6, 6.07) is 56.6. The van der Waals surface area contributed by atoms with Crippen LogP contribution in [0.1, 0.15) is 75.0 Å². The molecule has 12 aromatic rings. The van der Waals surface area contributed by atoms with Crippen LogP contribution in [0.5, 0.6) is 0 Å². The first-order chi connectivity index (χ1) is 44.8. The predicted molar refractivity (Wildman–Crippen MR) is 340 cm³/mol. The third kappa shape index (κ3) is 16.3. The molecule has 0 saturated heterocycles. The number of para-hydroxylation sites is 4. The van der Waals surface area contributed by atoms with Crippen LogP contribution in [0.4, 0.5) is 52.7 Å². The molecule has 0 amide bonds. The van der Waals surface area contributed by atoms with Gasteiger partial charge in [-0.2, -0.15) is 52.7 Å². The van der Waals surface area contributed by atoms with Gasteiger partial charge in [-0.05, 0) is 103 Å². The van der Waals surface area contributed by atoms with Crippen molar-refractivity contribution in [3.05, 3.63) is 263 Å². The van der Waals surface area contributed by atoms with Gasteiger partial charge in [0, 0.05) is 67.8 Å². The van der Waals surface area contributed by atoms with Gasteiger partial charge in [-0.3, -0.25) is 0 Å². The maximum Gasteiger partial charge on any atom is 0.416 e. The topological polar surface area (TPSA) is 121 Å². The lowest BCUT2D eigenvalue weighted by molar-refractivity contribution is -0.138. The molecule has 1 saturated carbocycles. The van der Waals surface area contributed by atoms with Crippen LogP contribution in [0.25, 0.3) is 88.6 Å². The lowest BCUT2D eigenvalue weighted by Gasteiger charge is -2.14. The van der Waals surface area contributed by atoms with Gasteiger partial charge < -0.3 is 15.5 Å². The Kier molecular flexibility index (Phi) is 20.4. The lowest BCUT2D eigenvalue weighted by atomic mass is 10.0. The van der Waals surface area contributed by atoms with E-state index in [0.717, 1.165) is 87.9 Å². The van der Waals surface area contributed by atoms with Gasteiger partial charge in [0.05, 0.1) is 79.3 Å². The maximum absolute atomic E-state index is 13.0. The number of aliphatic hydroxyl groups excluding tert-OH is 1. The normalized spacial score (nSPS) is 12.8. The van der Waals surface area contributed by atoms with E-state index >= 15 is 0 Å². The summed E-state index contributed by atoms with van der Waals surface area (Å²) in [6.07, 6.45) is -12.6. The number of nitrogens with one attached hydrogen (secondary N) is 1. The molecule has 94 heavy (non-hydrogen) atoms. The van der Waals surface area contributed by atoms with E-state index in [9.17, 15) is 67.7 Å². The molecule has 3 N–H and O–H groups in total. The van der Waals surface area contributed by atoms with E-state index in [1.54, 1.807) is 78.9 Å². The van der Waals surface area contributed by atoms with Crippen LogP contribution in [0.2, 0.25) is 0 Å². The number of hydrogen-bond donors (Lipinski definition) is 3. The molecule has 0 radical (unpaired) electrons. The second-order valence-electron chi connectivity index (χ2n) is 21.9. The van der Waals surface area contributed by atoms with Gasteiger partial charge in [-0.25, -0.2) is 24.7 Å². The number of halogens is 13. The Bertz CT molecular complexity index is 4540. The Morgan fingerprint density at radius 1 is 0.404 bits per heavy atom. The molecule has 0 atom stereocenters. The molecule has 1 aliphatic carbocycles. The maximum atomic E-state index is 13.0. The SMILES string of the molecule is FC(F)(F)c1cccc(-c2ccc3cccc(CCl)c3n2)c1.FC(F)(F)c1cccc(-c2ccc3cccc(CNC4CCCC4)c3n2)c1.O=C(O)c1cccc2ccc(-c3cccc(C(F)(F)F)c3)nc12.OCc1cccc2ccc(-c3cccc(C(F)(F)F)c3)nc12. The Hall–Kier alpha value is -9.76. The highest BCUT2D eigenvalue weighted by atomic mass is 35.5. The number of carboxylic acid groups (broad SMARTS) is 1. The second-order valence-corrected chi connectivity index (χ2v) is 22.2. The van der Waals surface area contributed by atoms with Crippen molar-refractivity contribution in [2.75, 3.05) is 0 Å². The fourth-order valence-electron chi connectivity index (χ4n) is 10.8. The number of fused-ring (bicyclic) bond motifs is 4. The molecule has 8 aromatic carbocycles. The highest BCUT2D eigenvalue weighted by Gasteiger charge is 2.33. The molecule has 13 rings (SSSR count). The van der Waals surface area contributed by atoms with E-state index in [1.165, 1.54) is 62.1 Å². The molecule has 480 valence electrons. The highest BCUT2D eigenvalue weighted by Crippen LogP contribution is 2.37. The standard InChI is InChI=1S/C22H21F3N2.C17H11ClF3N.C17H10F3NO2.C17H12F3NO/c23-22(24,25)18-8-4-6-16(13-18)20-12-11-15-5-3-7-17(21(15)27-20)14-26-19-9-1-2-10-19;18-10-13-5-1-3-11-7-8-15(22-16(11)13)12-4-2-6-14(9-12)17(19,20)21;18-17(19,20)12-5-1-4-11(9-12)14-8-7-10-3-2-6-13(16(22)23)15(10)21-14;18-17(19,20)14-6-2-4-12(9-14)15-8-7-11-3-1-5-13(10-22)16(11)21-15/h3-8,11-13,19,26H,1-2,9-10,14H2;1-9H,10H2;1-9H,(H,22,23);1-9,22H,10H2. The van der Waals surface area contributed by atoms with Gasteiger partial charge in [0.1, 0.15) is 0 Å². The van der Waals surface area contributed by atoms with Crippen LogP contribution in [-0.4, -0.2) is 42.2 Å². The summed E-state index contributed by atoms with van der Waals surface area (Å²) in [4.78, 5) is 29.1. The smallest absolute Gasteiger partial charge is 0.416 e. The molecule has 21 heteroatoms. The van der Waals surface area contributed by atoms with Crippen molar-refractivity contribution in [3.63, 3.8) is 0 Å². The second kappa shape index (κ2) is 28.6. The van der Waals surface area contributed by atoms with Crippen molar-refractivity contribution in [1.29, 1.82) is 0 Å². The third-order valence-corrected chi connectivity index (χ3v) is 15.8. The zero-order valence-electron chi connectivity index (χ0n) is 49.3. The summed E-state index contributed by atoms with van der Waals surface area (Å²) >= 11 is 5.90. The summed E-state index contributed by atoms with van der Waals surface area (Å²) in [5.74, 6) is -0.833. The number of aromatic carboxylic acids is 1. The molecule has 1 aliphatic rings. The van der Waals surface area contributed by atoms with E-state index in [0.29, 0.717) is 67.7 Å². The quantitative estimate of drug-likeness (QED) is 0.0915. The average molecular weight is 1310 g/mol. The van der Waals surface area contributed by atoms with Crippen molar-refractivity contribution in [3.8, 4) is 45.0 Å². The van der Waals surface area contributed by atoms with Gasteiger partial charge in [-0.1, -0.05) is 152 Å². The van der Waals surface area contributed by atoms with Crippen molar-refractivity contribution < 1.29 is 67.7 Å². The first-order valence-corrected chi connectivity index (χ1v) is 29.8. The Labute approximate surface area is 535 Å². The van der Waals surface area contributed by atoms with Crippen molar-refractivity contribution >= 4 is 61.2 Å². The number of nitrogens with zero attached hydrogens (tertiary/aromatic N) is 4. The first kappa shape index (κ1) is 67.1. The van der Waals surface area contributed by atoms with E-state index in [-0.39, 0.29) is 28.9 Å². The molecule has 0 bridgehead atoms. The van der Waals surface area contributed by atoms with Crippen molar-refractivity contribution in [1.82, 2.24) is 25.3 Å². The number of alkyl halides is 13. The molecule has 4 aromatic heterocycles. The minimum Gasteiger partial charge on any atom is -0.478 e. The monoisotopic (exact) mass is 1310 g/mol. The number of carbonyl (C=O) groups is 1. The fraction of sp³-hybridized carbons (Fsp3) is 0.164. The van der Waals surface area contributed by atoms with Crippen LogP contribution in [0, 0.1) is 0 Å². The highest BCUT2D eigenvalue weighted by molar-refractivity contribution is 6.18. The first-order valence-electron chi connectivity index (χ1n) is 29.2. The lowest BCUT2D eigenvalue weighted by Crippen LogP contribution is -2.25. The Morgan fingerprint density at radius 2 is 0.713 bits per heavy atom. The average Bonchev–Trinajstić information content (AvgIpc) is 1.02. The van der Waals surface area contributed by atoms with Crippen LogP contribution < -0.4 is 5.32 Å². The van der Waals surface area contributed by atoms with Crippen molar-refractivity contribution in [2.45, 2.75) is 75.5 Å². The number of hydrogen-bond acceptors (Lipinski definition) is 7. The molecule has 0 aliphatic heterocycles. The van der Waals surface area contributed by atoms with Crippen LogP contribution in [0.3, 0.4) is 0 Å². The minimum atomic E-state index is -4.45. The molecular formula is C73H54ClF12N5O3. The van der Waals surface area contributed by atoms with Crippen LogP contribution in [0.15, 0.2) is 218 Å². The summed E-state index contributed by atoms with van der Waals surface area (Å²) in [5, 5.41) is 25.5. The Morgan fingerprint density at radius 3 is 1.06 bits per heavy atom. The molecule has 4 heterocycles. The number of benzene rings is 8. The van der Waals surface area contributed by atoms with E-state index in [2.05, 4.69) is 20.3 Å². The van der Waals surface area contributed by atoms with Gasteiger partial charge in [0.15, 0.2) is 0 Å². The van der Waals surface area contributed by atoms with Gasteiger partial charge in [-0.15, -0.1) is 11.6 Å². The molecular weight excluding hydrogens is 1260 g/mol. The number of rotatable bonds is 10. The Balaban J connectivity index is 0.000000137. The molecule has 0 spiro atoms. The number of carboxylic acids is 1. The van der Waals surface area contributed by atoms with E-state index in [4.69, 9.17) is 16.6 Å². The van der Waals surface area contributed by atoms with Crippen molar-refractivity contribution in [2.24, 2.45) is 0 Å². The molecule has 0 unspecified atom stereocenters. The van der Waals surface area contributed by atoms with Gasteiger partial charge in [0.25, 0.3) is 0 Å². The predicted octanol–water partition coefficient (Wildman–Crippen LogP) is 20.6. The minimum absolute atomic E-state index is 0.0105. The summed E-state index contributed by atoms with van der Waals surface area (Å²) in [7, 11) is 0. The summed E-state index contributed by atoms with van der Waals surface area (Å²) in [6.45, 7) is 0.553. The van der Waals surface area contributed by atoms with E-state index in [1.807, 2.05) is 54.6 Å². The van der Waals surface area contributed by atoms with Gasteiger partial charge >= 0.3 is 30.7 Å². The number of pyridine rings is 4. The summed E-state index contributed by atoms with van der Waals surface area (Å²) in [5.41, 5.74) is 5.54. The largest absolute Gasteiger partial charge is 0.478 e. The van der Waals surface area contributed by atoms with E-state index < -0.39 is 52.9 Å². The zero-order valence-corrected chi connectivity index (χ0v) is 50.1. The summed E-state index contributed by atoms with van der Waals surface area (Å²) < 4.78 is 154. The molecule has 1 fully saturated rings. The number of aliphatic hydroxyl groups is 1. The molecule has 8 nitrogen and oxygen atoms in total. The van der Waals surface area contributed by atoms with Crippen LogP contribution >= 0.6 is 11.6 Å². The van der Waals surface area contributed by atoms with Gasteiger partial charge in [0.2, 0.25) is 0 Å². The number of aromatic nitrogens is 4. The zero-order chi connectivity index (χ0) is 67.0. The third-order valence-electron chi connectivity index (χ3n) is 15.6. The fourth-order valence-corrected chi connectivity index (χ4v) is 11.0. The van der Waals surface area contributed by atoms with Crippen LogP contribution in [-0.2, 0) is 43.7 Å².